The molecule has 3 rings (SSSR count). The third kappa shape index (κ3) is 2.62. The maximum Gasteiger partial charge on any atom is 0.338 e. The van der Waals surface area contributed by atoms with Gasteiger partial charge in [0.2, 0.25) is 0 Å². The van der Waals surface area contributed by atoms with Gasteiger partial charge in [0.05, 0.1) is 5.56 Å². The molecule has 1 aromatic carbocycles. The second kappa shape index (κ2) is 5.01. The van der Waals surface area contributed by atoms with Gasteiger partial charge in [0, 0.05) is 24.5 Å². The third-order valence-corrected chi connectivity index (χ3v) is 3.16. The van der Waals surface area contributed by atoms with Gasteiger partial charge in [-0.25, -0.2) is 14.2 Å². The highest BCUT2D eigenvalue weighted by Gasteiger charge is 2.25. The lowest BCUT2D eigenvalue weighted by atomic mass is 10.2. The van der Waals surface area contributed by atoms with Crippen LogP contribution in [0.4, 0.5) is 4.39 Å². The van der Waals surface area contributed by atoms with Crippen molar-refractivity contribution in [3.63, 3.8) is 0 Å². The molecule has 108 valence electrons. The van der Waals surface area contributed by atoms with Crippen LogP contribution in [0.2, 0.25) is 0 Å². The number of aromatic nitrogens is 2. The summed E-state index contributed by atoms with van der Waals surface area (Å²) in [5, 5.41) is 8.75. The lowest BCUT2D eigenvalue weighted by molar-refractivity contribution is 0.0692. The summed E-state index contributed by atoms with van der Waals surface area (Å²) < 4.78 is 20.4. The van der Waals surface area contributed by atoms with Gasteiger partial charge >= 0.3 is 11.5 Å². The molecule has 0 atom stereocenters. The fraction of sp³-hybridized carbons (Fsp3) is 0.214. The van der Waals surface area contributed by atoms with Crippen LogP contribution in [0.15, 0.2) is 35.4 Å². The number of rotatable bonds is 4. The highest BCUT2D eigenvalue weighted by molar-refractivity contribution is 5.88. The topological polar surface area (TPSA) is 81.4 Å². The molecule has 0 bridgehead atoms. The second-order valence-corrected chi connectivity index (χ2v) is 4.72. The van der Waals surface area contributed by atoms with Gasteiger partial charge < -0.3 is 14.4 Å². The molecular weight excluding hydrogens is 279 g/mol. The van der Waals surface area contributed by atoms with Crippen LogP contribution in [0.3, 0.4) is 0 Å². The van der Waals surface area contributed by atoms with E-state index in [9.17, 15) is 14.0 Å². The van der Waals surface area contributed by atoms with Crippen LogP contribution in [0, 0.1) is 5.82 Å². The van der Waals surface area contributed by atoms with Gasteiger partial charge in [-0.2, -0.15) is 0 Å². The fourth-order valence-corrected chi connectivity index (χ4v) is 1.96. The number of carbonyl (C=O) groups is 1. The van der Waals surface area contributed by atoms with Gasteiger partial charge in [0.1, 0.15) is 11.6 Å². The standard InChI is InChI=1S/C14H11FN2O4/c15-11-7-9(3-4-10(11)14(19)20)21-12-13(18)17(6-5-16-12)8-1-2-8/h3-8H,1-2H2,(H,19,20). The molecule has 1 heterocycles. The van der Waals surface area contributed by atoms with Crippen LogP contribution in [0.25, 0.3) is 0 Å². The Labute approximate surface area is 118 Å². The Morgan fingerprint density at radius 2 is 2.19 bits per heavy atom. The Bertz CT molecular complexity index is 768. The quantitative estimate of drug-likeness (QED) is 0.933. The first-order valence-corrected chi connectivity index (χ1v) is 6.34. The number of aromatic carboxylic acids is 1. The number of carboxylic acid groups (broad SMARTS) is 1. The monoisotopic (exact) mass is 290 g/mol. The molecule has 0 unspecified atom stereocenters. The minimum atomic E-state index is -1.37. The molecule has 0 spiro atoms. The highest BCUT2D eigenvalue weighted by Crippen LogP contribution is 2.33. The van der Waals surface area contributed by atoms with Crippen LogP contribution < -0.4 is 10.3 Å². The van der Waals surface area contributed by atoms with Gasteiger partial charge in [0.15, 0.2) is 0 Å². The van der Waals surface area contributed by atoms with Crippen LogP contribution >= 0.6 is 0 Å². The number of ether oxygens (including phenoxy) is 1. The van der Waals surface area contributed by atoms with Gasteiger partial charge in [-0.05, 0) is 25.0 Å². The SMILES string of the molecule is O=C(O)c1ccc(Oc2nccn(C3CC3)c2=O)cc1F. The van der Waals surface area contributed by atoms with E-state index in [1.165, 1.54) is 16.8 Å². The first-order valence-electron chi connectivity index (χ1n) is 6.34. The normalized spacial score (nSPS) is 14.0. The van der Waals surface area contributed by atoms with E-state index in [1.54, 1.807) is 6.20 Å². The second-order valence-electron chi connectivity index (χ2n) is 4.72. The Hall–Kier alpha value is -2.70. The minimum Gasteiger partial charge on any atom is -0.478 e. The summed E-state index contributed by atoms with van der Waals surface area (Å²) >= 11 is 0. The summed E-state index contributed by atoms with van der Waals surface area (Å²) in [7, 11) is 0. The lowest BCUT2D eigenvalue weighted by Crippen LogP contribution is -2.20. The zero-order valence-corrected chi connectivity index (χ0v) is 10.8. The number of benzene rings is 1. The zero-order chi connectivity index (χ0) is 15.0. The highest BCUT2D eigenvalue weighted by atomic mass is 19.1. The van der Waals surface area contributed by atoms with Gasteiger partial charge in [-0.1, -0.05) is 0 Å². The molecule has 1 saturated carbocycles. The van der Waals surface area contributed by atoms with Crippen molar-refractivity contribution >= 4 is 5.97 Å². The Balaban J connectivity index is 1.90. The largest absolute Gasteiger partial charge is 0.478 e. The fourth-order valence-electron chi connectivity index (χ4n) is 1.96. The van der Waals surface area contributed by atoms with E-state index >= 15 is 0 Å². The first-order chi connectivity index (χ1) is 10.1. The van der Waals surface area contributed by atoms with E-state index in [0.717, 1.165) is 25.0 Å². The van der Waals surface area contributed by atoms with Gasteiger partial charge in [0.25, 0.3) is 5.88 Å². The van der Waals surface area contributed by atoms with Crippen molar-refractivity contribution in [1.29, 1.82) is 0 Å². The number of halogens is 1. The lowest BCUT2D eigenvalue weighted by Gasteiger charge is -2.08. The number of carboxylic acids is 1. The van der Waals surface area contributed by atoms with E-state index in [2.05, 4.69) is 4.98 Å². The Kier molecular flexibility index (Phi) is 3.17. The van der Waals surface area contributed by atoms with Gasteiger partial charge in [-0.15, -0.1) is 0 Å². The molecular formula is C14H11FN2O4. The molecule has 1 aliphatic carbocycles. The zero-order valence-electron chi connectivity index (χ0n) is 10.8. The summed E-state index contributed by atoms with van der Waals surface area (Å²) in [6.07, 6.45) is 4.90. The van der Waals surface area contributed by atoms with Crippen LogP contribution in [-0.2, 0) is 0 Å². The Morgan fingerprint density at radius 1 is 1.43 bits per heavy atom. The molecule has 0 radical (unpaired) electrons. The summed E-state index contributed by atoms with van der Waals surface area (Å²) in [5.41, 5.74) is -0.846. The van der Waals surface area contributed by atoms with Crippen molar-refractivity contribution in [3.8, 4) is 11.6 Å². The van der Waals surface area contributed by atoms with Crippen LogP contribution in [0.5, 0.6) is 11.6 Å². The average Bonchev–Trinajstić information content (AvgIpc) is 3.25. The molecule has 0 aliphatic heterocycles. The minimum absolute atomic E-state index is 0.0237. The molecule has 6 nitrogen and oxygen atoms in total. The smallest absolute Gasteiger partial charge is 0.338 e. The average molecular weight is 290 g/mol. The molecule has 0 amide bonds. The maximum absolute atomic E-state index is 13.6. The molecule has 7 heteroatoms. The molecule has 1 fully saturated rings. The van der Waals surface area contributed by atoms with Crippen molar-refractivity contribution < 1.29 is 19.0 Å². The molecule has 1 aromatic heterocycles. The van der Waals surface area contributed by atoms with E-state index in [-0.39, 0.29) is 23.2 Å². The van der Waals surface area contributed by atoms with Gasteiger partial charge in [-0.3, -0.25) is 4.79 Å². The number of nitrogens with zero attached hydrogens (tertiary/aromatic N) is 2. The number of hydrogen-bond donors (Lipinski definition) is 1. The van der Waals surface area contributed by atoms with E-state index in [4.69, 9.17) is 9.84 Å². The van der Waals surface area contributed by atoms with E-state index in [0.29, 0.717) is 0 Å². The van der Waals surface area contributed by atoms with Crippen molar-refractivity contribution in [2.24, 2.45) is 0 Å². The summed E-state index contributed by atoms with van der Waals surface area (Å²) in [5.74, 6) is -2.44. The first kappa shape index (κ1) is 13.3. The predicted octanol–water partition coefficient (Wildman–Crippen LogP) is 2.21. The number of hydrogen-bond acceptors (Lipinski definition) is 4. The maximum atomic E-state index is 13.6. The summed E-state index contributed by atoms with van der Waals surface area (Å²) in [6.45, 7) is 0. The summed E-state index contributed by atoms with van der Waals surface area (Å²) in [6, 6.07) is 3.45. The Morgan fingerprint density at radius 3 is 2.81 bits per heavy atom. The van der Waals surface area contributed by atoms with Crippen molar-refractivity contribution in [1.82, 2.24) is 9.55 Å². The molecule has 1 aliphatic rings. The predicted molar refractivity (Wildman–Crippen MR) is 70.2 cm³/mol. The van der Waals surface area contributed by atoms with Crippen LogP contribution in [-0.4, -0.2) is 20.6 Å². The third-order valence-electron chi connectivity index (χ3n) is 3.16. The molecule has 0 saturated heterocycles. The molecule has 1 N–H and O–H groups in total. The van der Waals surface area contributed by atoms with Crippen molar-refractivity contribution in [3.05, 3.63) is 52.3 Å². The van der Waals surface area contributed by atoms with E-state index < -0.39 is 17.3 Å². The molecule has 21 heavy (non-hydrogen) atoms. The summed E-state index contributed by atoms with van der Waals surface area (Å²) in [4.78, 5) is 26.7. The van der Waals surface area contributed by atoms with Crippen molar-refractivity contribution in [2.75, 3.05) is 0 Å². The van der Waals surface area contributed by atoms with Crippen molar-refractivity contribution in [2.45, 2.75) is 18.9 Å². The molecule has 2 aromatic rings. The van der Waals surface area contributed by atoms with E-state index in [1.807, 2.05) is 0 Å². The van der Waals surface area contributed by atoms with Crippen LogP contribution in [0.1, 0.15) is 29.2 Å².